The molecule has 1 saturated carbocycles. The van der Waals surface area contributed by atoms with E-state index in [9.17, 15) is 0 Å². The van der Waals surface area contributed by atoms with Gasteiger partial charge in [0.2, 0.25) is 0 Å². The Morgan fingerprint density at radius 3 is 2.62 bits per heavy atom. The predicted molar refractivity (Wildman–Crippen MR) is 84.8 cm³/mol. The number of anilines is 3. The third-order valence-electron chi connectivity index (χ3n) is 3.95. The standard InChI is InChI=1S/C16H21N5/c1-21(14-10-6-3-7-11-14)16-19-15(12-17-20-16)18-13-8-4-2-5-9-13/h3,6-7,10-13H,2,4-5,8-9H2,1H3,(H,18,19,20). The first-order valence-corrected chi connectivity index (χ1v) is 7.58. The number of hydrogen-bond acceptors (Lipinski definition) is 5. The van der Waals surface area contributed by atoms with Gasteiger partial charge >= 0.3 is 0 Å². The van der Waals surface area contributed by atoms with Crippen molar-refractivity contribution in [3.05, 3.63) is 36.5 Å². The van der Waals surface area contributed by atoms with E-state index >= 15 is 0 Å². The SMILES string of the molecule is CN(c1ccccc1)c1nncc(NC2CCCCC2)n1. The van der Waals surface area contributed by atoms with Crippen molar-refractivity contribution in [2.45, 2.75) is 38.1 Å². The van der Waals surface area contributed by atoms with E-state index in [0.29, 0.717) is 12.0 Å². The van der Waals surface area contributed by atoms with Gasteiger partial charge in [0.15, 0.2) is 5.82 Å². The highest BCUT2D eigenvalue weighted by atomic mass is 15.3. The maximum atomic E-state index is 4.58. The summed E-state index contributed by atoms with van der Waals surface area (Å²) in [7, 11) is 1.96. The van der Waals surface area contributed by atoms with Gasteiger partial charge in [0.05, 0.1) is 6.20 Å². The lowest BCUT2D eigenvalue weighted by molar-refractivity contribution is 0.461. The van der Waals surface area contributed by atoms with Crippen molar-refractivity contribution in [3.63, 3.8) is 0 Å². The molecule has 0 amide bonds. The Morgan fingerprint density at radius 1 is 1.10 bits per heavy atom. The summed E-state index contributed by atoms with van der Waals surface area (Å²) in [5.41, 5.74) is 1.05. The predicted octanol–water partition coefficient (Wildman–Crippen LogP) is 3.38. The molecule has 1 aromatic heterocycles. The number of benzene rings is 1. The number of rotatable bonds is 4. The van der Waals surface area contributed by atoms with E-state index in [-0.39, 0.29) is 0 Å². The minimum absolute atomic E-state index is 0.519. The van der Waals surface area contributed by atoms with Gasteiger partial charge in [-0.25, -0.2) is 0 Å². The first-order valence-electron chi connectivity index (χ1n) is 7.58. The van der Waals surface area contributed by atoms with Crippen LogP contribution in [-0.4, -0.2) is 28.3 Å². The summed E-state index contributed by atoms with van der Waals surface area (Å²) in [6.07, 6.45) is 8.08. The lowest BCUT2D eigenvalue weighted by Crippen LogP contribution is -2.23. The van der Waals surface area contributed by atoms with Gasteiger partial charge in [0.1, 0.15) is 0 Å². The zero-order valence-electron chi connectivity index (χ0n) is 12.4. The molecule has 1 N–H and O–H groups in total. The summed E-state index contributed by atoms with van der Waals surface area (Å²) in [6, 6.07) is 10.6. The Bertz CT molecular complexity index is 566. The van der Waals surface area contributed by atoms with Crippen LogP contribution < -0.4 is 10.2 Å². The Morgan fingerprint density at radius 2 is 1.86 bits per heavy atom. The van der Waals surface area contributed by atoms with Gasteiger partial charge in [-0.3, -0.25) is 0 Å². The molecule has 0 radical (unpaired) electrons. The van der Waals surface area contributed by atoms with Crippen LogP contribution in [0.1, 0.15) is 32.1 Å². The van der Waals surface area contributed by atoms with Gasteiger partial charge in [-0.1, -0.05) is 37.5 Å². The van der Waals surface area contributed by atoms with Gasteiger partial charge in [-0.15, -0.1) is 5.10 Å². The third kappa shape index (κ3) is 3.48. The topological polar surface area (TPSA) is 53.9 Å². The summed E-state index contributed by atoms with van der Waals surface area (Å²) < 4.78 is 0. The van der Waals surface area contributed by atoms with Crippen LogP contribution in [0.3, 0.4) is 0 Å². The molecule has 1 fully saturated rings. The maximum absolute atomic E-state index is 4.58. The van der Waals surface area contributed by atoms with Crippen molar-refractivity contribution in [3.8, 4) is 0 Å². The normalized spacial score (nSPS) is 15.7. The van der Waals surface area contributed by atoms with Crippen LogP contribution in [0, 0.1) is 0 Å². The highest BCUT2D eigenvalue weighted by molar-refractivity contribution is 5.56. The van der Waals surface area contributed by atoms with Gasteiger partial charge in [-0.2, -0.15) is 10.1 Å². The van der Waals surface area contributed by atoms with Crippen molar-refractivity contribution in [2.24, 2.45) is 0 Å². The highest BCUT2D eigenvalue weighted by Crippen LogP contribution is 2.22. The van der Waals surface area contributed by atoms with Crippen molar-refractivity contribution in [2.75, 3.05) is 17.3 Å². The molecule has 0 aliphatic heterocycles. The molecule has 21 heavy (non-hydrogen) atoms. The summed E-state index contributed by atoms with van der Waals surface area (Å²) in [5, 5.41) is 11.7. The number of para-hydroxylation sites is 1. The van der Waals surface area contributed by atoms with E-state index in [4.69, 9.17) is 0 Å². The van der Waals surface area contributed by atoms with Crippen molar-refractivity contribution in [1.29, 1.82) is 0 Å². The fourth-order valence-electron chi connectivity index (χ4n) is 2.73. The van der Waals surface area contributed by atoms with E-state index in [2.05, 4.69) is 20.5 Å². The minimum atomic E-state index is 0.519. The van der Waals surface area contributed by atoms with Crippen molar-refractivity contribution >= 4 is 17.5 Å². The molecule has 1 aliphatic carbocycles. The zero-order chi connectivity index (χ0) is 14.5. The van der Waals surface area contributed by atoms with Crippen LogP contribution in [0.25, 0.3) is 0 Å². The third-order valence-corrected chi connectivity index (χ3v) is 3.95. The molecule has 1 aromatic carbocycles. The van der Waals surface area contributed by atoms with Gasteiger partial charge in [0.25, 0.3) is 5.95 Å². The zero-order valence-corrected chi connectivity index (χ0v) is 12.4. The van der Waals surface area contributed by atoms with E-state index in [1.807, 2.05) is 42.3 Å². The van der Waals surface area contributed by atoms with Gasteiger partial charge < -0.3 is 10.2 Å². The maximum Gasteiger partial charge on any atom is 0.251 e. The molecular weight excluding hydrogens is 262 g/mol. The minimum Gasteiger partial charge on any atom is -0.366 e. The number of nitrogens with zero attached hydrogens (tertiary/aromatic N) is 4. The van der Waals surface area contributed by atoms with Gasteiger partial charge in [0, 0.05) is 18.8 Å². The monoisotopic (exact) mass is 283 g/mol. The van der Waals surface area contributed by atoms with E-state index < -0.39 is 0 Å². The molecule has 0 spiro atoms. The quantitative estimate of drug-likeness (QED) is 0.932. The number of nitrogens with one attached hydrogen (secondary N) is 1. The van der Waals surface area contributed by atoms with Crippen LogP contribution in [0.15, 0.2) is 36.5 Å². The van der Waals surface area contributed by atoms with Crippen LogP contribution in [0.4, 0.5) is 17.5 Å². The van der Waals surface area contributed by atoms with Crippen LogP contribution in [0.5, 0.6) is 0 Å². The Balaban J connectivity index is 1.73. The molecule has 3 rings (SSSR count). The largest absolute Gasteiger partial charge is 0.366 e. The van der Waals surface area contributed by atoms with Crippen LogP contribution in [0.2, 0.25) is 0 Å². The van der Waals surface area contributed by atoms with E-state index in [1.54, 1.807) is 6.20 Å². The molecule has 0 atom stereocenters. The average Bonchev–Trinajstić information content (AvgIpc) is 2.56. The van der Waals surface area contributed by atoms with Crippen LogP contribution >= 0.6 is 0 Å². The van der Waals surface area contributed by atoms with Crippen LogP contribution in [-0.2, 0) is 0 Å². The Hall–Kier alpha value is -2.17. The Kier molecular flexibility index (Phi) is 4.28. The molecule has 110 valence electrons. The second-order valence-electron chi connectivity index (χ2n) is 5.52. The van der Waals surface area contributed by atoms with Crippen molar-refractivity contribution < 1.29 is 0 Å². The Labute approximate surface area is 125 Å². The molecule has 5 heteroatoms. The second-order valence-corrected chi connectivity index (χ2v) is 5.52. The molecule has 0 saturated heterocycles. The summed E-state index contributed by atoms with van der Waals surface area (Å²) in [4.78, 5) is 6.53. The van der Waals surface area contributed by atoms with E-state index in [0.717, 1.165) is 11.5 Å². The number of aromatic nitrogens is 3. The fraction of sp³-hybridized carbons (Fsp3) is 0.438. The highest BCUT2D eigenvalue weighted by Gasteiger charge is 2.15. The summed E-state index contributed by atoms with van der Waals surface area (Å²) in [6.45, 7) is 0. The lowest BCUT2D eigenvalue weighted by Gasteiger charge is -2.23. The molecular formula is C16H21N5. The first kappa shape index (κ1) is 13.8. The molecule has 2 aromatic rings. The molecule has 1 heterocycles. The summed E-state index contributed by atoms with van der Waals surface area (Å²) >= 11 is 0. The second kappa shape index (κ2) is 6.52. The fourth-order valence-corrected chi connectivity index (χ4v) is 2.73. The lowest BCUT2D eigenvalue weighted by atomic mass is 9.96. The average molecular weight is 283 g/mol. The molecule has 5 nitrogen and oxygen atoms in total. The van der Waals surface area contributed by atoms with E-state index in [1.165, 1.54) is 32.1 Å². The molecule has 0 unspecified atom stereocenters. The molecule has 1 aliphatic rings. The molecule has 0 bridgehead atoms. The van der Waals surface area contributed by atoms with Crippen molar-refractivity contribution in [1.82, 2.24) is 15.2 Å². The smallest absolute Gasteiger partial charge is 0.251 e. The van der Waals surface area contributed by atoms with Gasteiger partial charge in [-0.05, 0) is 25.0 Å². The first-order chi connectivity index (χ1) is 10.3. The number of hydrogen-bond donors (Lipinski definition) is 1. The summed E-state index contributed by atoms with van der Waals surface area (Å²) in [5.74, 6) is 1.43.